The number of benzene rings is 3. The van der Waals surface area contributed by atoms with Crippen LogP contribution in [0, 0.1) is 0 Å². The van der Waals surface area contributed by atoms with Gasteiger partial charge in [0.2, 0.25) is 6.79 Å². The van der Waals surface area contributed by atoms with Gasteiger partial charge in [0.25, 0.3) is 0 Å². The lowest BCUT2D eigenvalue weighted by molar-refractivity contribution is 0.131. The summed E-state index contributed by atoms with van der Waals surface area (Å²) in [4.78, 5) is 15.4. The van der Waals surface area contributed by atoms with E-state index >= 15 is 0 Å². The SMILES string of the molecule is O=C(Nc1cccc(Cl)c1)NC1CCC2(c3ccc4c(c3)OCO4)CCN(Cc3ccccc3)C2C1. The number of carbonyl (C=O) groups excluding carboxylic acids is 1. The molecule has 7 heteroatoms. The lowest BCUT2D eigenvalue weighted by Crippen LogP contribution is -2.52. The first-order valence-electron chi connectivity index (χ1n) is 12.6. The Morgan fingerprint density at radius 3 is 2.72 bits per heavy atom. The van der Waals surface area contributed by atoms with Gasteiger partial charge in [0, 0.05) is 34.8 Å². The average molecular weight is 504 g/mol. The molecule has 6 nitrogen and oxygen atoms in total. The topological polar surface area (TPSA) is 62.8 Å². The van der Waals surface area contributed by atoms with Crippen LogP contribution in [-0.2, 0) is 12.0 Å². The molecular formula is C29H30ClN3O3. The molecule has 2 fully saturated rings. The third-order valence-electron chi connectivity index (χ3n) is 7.96. The molecule has 36 heavy (non-hydrogen) atoms. The van der Waals surface area contributed by atoms with Gasteiger partial charge in [0.15, 0.2) is 11.5 Å². The fourth-order valence-corrected chi connectivity index (χ4v) is 6.44. The van der Waals surface area contributed by atoms with E-state index < -0.39 is 0 Å². The van der Waals surface area contributed by atoms with Gasteiger partial charge < -0.3 is 20.1 Å². The number of fused-ring (bicyclic) bond motifs is 2. The highest BCUT2D eigenvalue weighted by atomic mass is 35.5. The number of urea groups is 1. The molecular weight excluding hydrogens is 474 g/mol. The summed E-state index contributed by atoms with van der Waals surface area (Å²) in [7, 11) is 0. The summed E-state index contributed by atoms with van der Waals surface area (Å²) in [6.07, 6.45) is 3.91. The van der Waals surface area contributed by atoms with Crippen molar-refractivity contribution in [3.05, 3.63) is 88.9 Å². The number of amides is 2. The van der Waals surface area contributed by atoms with Crippen LogP contribution in [0.5, 0.6) is 11.5 Å². The third-order valence-corrected chi connectivity index (χ3v) is 8.20. The number of nitrogens with one attached hydrogen (secondary N) is 2. The van der Waals surface area contributed by atoms with Gasteiger partial charge in [-0.3, -0.25) is 4.90 Å². The molecule has 0 radical (unpaired) electrons. The first-order valence-corrected chi connectivity index (χ1v) is 13.0. The molecule has 6 rings (SSSR count). The smallest absolute Gasteiger partial charge is 0.319 e. The van der Waals surface area contributed by atoms with Gasteiger partial charge in [-0.15, -0.1) is 0 Å². The molecule has 3 unspecified atom stereocenters. The highest BCUT2D eigenvalue weighted by molar-refractivity contribution is 6.30. The fourth-order valence-electron chi connectivity index (χ4n) is 6.24. The minimum atomic E-state index is -0.189. The molecule has 1 saturated heterocycles. The van der Waals surface area contributed by atoms with E-state index in [0.717, 1.165) is 50.3 Å². The predicted octanol–water partition coefficient (Wildman–Crippen LogP) is 5.96. The first-order chi connectivity index (χ1) is 17.6. The summed E-state index contributed by atoms with van der Waals surface area (Å²) >= 11 is 6.08. The minimum absolute atomic E-state index is 0.0252. The molecule has 2 aliphatic heterocycles. The van der Waals surface area contributed by atoms with Crippen molar-refractivity contribution in [3.8, 4) is 11.5 Å². The number of carbonyl (C=O) groups is 1. The molecule has 0 bridgehead atoms. The van der Waals surface area contributed by atoms with Gasteiger partial charge in [0.1, 0.15) is 0 Å². The summed E-state index contributed by atoms with van der Waals surface area (Å²) in [6.45, 7) is 2.21. The van der Waals surface area contributed by atoms with Gasteiger partial charge in [-0.05, 0) is 73.7 Å². The minimum Gasteiger partial charge on any atom is -0.454 e. The van der Waals surface area contributed by atoms with Gasteiger partial charge in [0.05, 0.1) is 0 Å². The normalized spacial score (nSPS) is 24.8. The van der Waals surface area contributed by atoms with E-state index in [-0.39, 0.29) is 24.3 Å². The van der Waals surface area contributed by atoms with E-state index in [1.807, 2.05) is 18.2 Å². The highest BCUT2D eigenvalue weighted by Crippen LogP contribution is 2.51. The zero-order valence-corrected chi connectivity index (χ0v) is 20.8. The summed E-state index contributed by atoms with van der Waals surface area (Å²) in [5.74, 6) is 1.65. The number of halogens is 1. The van der Waals surface area contributed by atoms with Crippen molar-refractivity contribution < 1.29 is 14.3 Å². The van der Waals surface area contributed by atoms with Crippen LogP contribution in [0.15, 0.2) is 72.8 Å². The molecule has 2 amide bonds. The molecule has 3 aromatic rings. The van der Waals surface area contributed by atoms with E-state index in [4.69, 9.17) is 21.1 Å². The monoisotopic (exact) mass is 503 g/mol. The van der Waals surface area contributed by atoms with Crippen molar-refractivity contribution in [2.24, 2.45) is 0 Å². The summed E-state index contributed by atoms with van der Waals surface area (Å²) in [5.41, 5.74) is 3.34. The number of nitrogens with zero attached hydrogens (tertiary/aromatic N) is 1. The maximum atomic E-state index is 12.8. The number of hydrogen-bond donors (Lipinski definition) is 2. The molecule has 1 saturated carbocycles. The van der Waals surface area contributed by atoms with Crippen molar-refractivity contribution in [3.63, 3.8) is 0 Å². The average Bonchev–Trinajstić information content (AvgIpc) is 3.50. The van der Waals surface area contributed by atoms with E-state index in [1.165, 1.54) is 11.1 Å². The molecule has 0 aromatic heterocycles. The van der Waals surface area contributed by atoms with Crippen molar-refractivity contribution >= 4 is 23.3 Å². The fraction of sp³-hybridized carbons (Fsp3) is 0.345. The summed E-state index contributed by atoms with van der Waals surface area (Å²) in [6, 6.07) is 24.5. The summed E-state index contributed by atoms with van der Waals surface area (Å²) < 4.78 is 11.3. The van der Waals surface area contributed by atoms with Gasteiger partial charge in [-0.25, -0.2) is 4.79 Å². The van der Waals surface area contributed by atoms with Crippen molar-refractivity contribution in [2.75, 3.05) is 18.7 Å². The molecule has 2 heterocycles. The third kappa shape index (κ3) is 4.51. The number of ether oxygens (including phenoxy) is 2. The van der Waals surface area contributed by atoms with Crippen LogP contribution in [0.25, 0.3) is 0 Å². The lowest BCUT2D eigenvalue weighted by Gasteiger charge is -2.45. The second kappa shape index (κ2) is 9.68. The number of likely N-dealkylation sites (tertiary alicyclic amines) is 1. The Bertz CT molecular complexity index is 1250. The zero-order valence-electron chi connectivity index (χ0n) is 20.1. The molecule has 186 valence electrons. The highest BCUT2D eigenvalue weighted by Gasteiger charge is 2.51. The Morgan fingerprint density at radius 1 is 1.00 bits per heavy atom. The molecule has 3 aromatic carbocycles. The van der Waals surface area contributed by atoms with Crippen LogP contribution in [0.1, 0.15) is 36.8 Å². The molecule has 3 atom stereocenters. The van der Waals surface area contributed by atoms with Crippen LogP contribution >= 0.6 is 11.6 Å². The van der Waals surface area contributed by atoms with E-state index in [1.54, 1.807) is 12.1 Å². The van der Waals surface area contributed by atoms with Gasteiger partial charge in [-0.2, -0.15) is 0 Å². The Kier molecular flexibility index (Phi) is 6.23. The quantitative estimate of drug-likeness (QED) is 0.451. The Labute approximate surface area is 216 Å². The van der Waals surface area contributed by atoms with Crippen molar-refractivity contribution in [1.82, 2.24) is 10.2 Å². The maximum absolute atomic E-state index is 12.8. The molecule has 2 N–H and O–H groups in total. The van der Waals surface area contributed by atoms with Crippen LogP contribution in [0.2, 0.25) is 5.02 Å². The zero-order chi connectivity index (χ0) is 24.5. The molecule has 1 aliphatic carbocycles. The van der Waals surface area contributed by atoms with Crippen LogP contribution < -0.4 is 20.1 Å². The maximum Gasteiger partial charge on any atom is 0.319 e. The Hall–Kier alpha value is -3.22. The Morgan fingerprint density at radius 2 is 1.86 bits per heavy atom. The second-order valence-corrected chi connectivity index (χ2v) is 10.5. The van der Waals surface area contributed by atoms with Crippen LogP contribution in [-0.4, -0.2) is 36.4 Å². The molecule has 3 aliphatic rings. The van der Waals surface area contributed by atoms with Crippen molar-refractivity contribution in [1.29, 1.82) is 0 Å². The Balaban J connectivity index is 1.23. The standard InChI is InChI=1S/C29H30ClN3O3/c30-22-7-4-8-23(16-22)31-28(34)32-24-11-12-29(21-9-10-25-26(15-21)36-19-35-25)13-14-33(27(29)17-24)18-20-5-2-1-3-6-20/h1-10,15-16,24,27H,11-14,17-19H2,(H2,31,32,34). The van der Waals surface area contributed by atoms with Crippen molar-refractivity contribution in [2.45, 2.75) is 49.7 Å². The predicted molar refractivity (Wildman–Crippen MR) is 141 cm³/mol. The largest absolute Gasteiger partial charge is 0.454 e. The van der Waals surface area contributed by atoms with Crippen LogP contribution in [0.3, 0.4) is 0 Å². The van der Waals surface area contributed by atoms with Gasteiger partial charge in [-0.1, -0.05) is 54.1 Å². The van der Waals surface area contributed by atoms with Crippen LogP contribution in [0.4, 0.5) is 10.5 Å². The van der Waals surface area contributed by atoms with E-state index in [0.29, 0.717) is 16.8 Å². The second-order valence-electron chi connectivity index (χ2n) is 10.0. The summed E-state index contributed by atoms with van der Waals surface area (Å²) in [5, 5.41) is 6.76. The van der Waals surface area contributed by atoms with E-state index in [2.05, 4.69) is 58.0 Å². The number of anilines is 1. The number of hydrogen-bond acceptors (Lipinski definition) is 4. The number of rotatable bonds is 5. The molecule has 0 spiro atoms. The van der Waals surface area contributed by atoms with E-state index in [9.17, 15) is 4.79 Å². The lowest BCUT2D eigenvalue weighted by atomic mass is 9.65. The first kappa shape index (κ1) is 23.2. The van der Waals surface area contributed by atoms with Gasteiger partial charge >= 0.3 is 6.03 Å².